The second-order valence-electron chi connectivity index (χ2n) is 4.31. The first-order chi connectivity index (χ1) is 9.81. The Morgan fingerprint density at radius 2 is 1.86 bits per heavy atom. The molecule has 0 aliphatic rings. The van der Waals surface area contributed by atoms with E-state index in [4.69, 9.17) is 5.26 Å². The molecule has 2 aromatic rings. The smallest absolute Gasteiger partial charge is 0.404 e. The minimum atomic E-state index is -4.92. The minimum absolute atomic E-state index is 0.145. The number of halogens is 4. The van der Waals surface area contributed by atoms with Crippen molar-refractivity contribution < 1.29 is 22.3 Å². The molecular formula is C15H9F4NO. The molecule has 0 saturated carbocycles. The van der Waals surface area contributed by atoms with Crippen LogP contribution >= 0.6 is 0 Å². The van der Waals surface area contributed by atoms with Crippen LogP contribution in [0, 0.1) is 24.1 Å². The fourth-order valence-corrected chi connectivity index (χ4v) is 1.86. The van der Waals surface area contributed by atoms with Crippen molar-refractivity contribution in [2.24, 2.45) is 0 Å². The molecule has 6 heteroatoms. The van der Waals surface area contributed by atoms with E-state index in [0.29, 0.717) is 5.56 Å². The van der Waals surface area contributed by atoms with Gasteiger partial charge in [0.2, 0.25) is 0 Å². The Bertz CT molecular complexity index is 717. The van der Waals surface area contributed by atoms with Crippen molar-refractivity contribution in [1.29, 1.82) is 5.26 Å². The molecule has 0 unspecified atom stereocenters. The SMILES string of the molecule is Cc1cccc(-c2ccc(C#N)c(OC(F)(F)F)c2)c1F. The van der Waals surface area contributed by atoms with E-state index in [9.17, 15) is 17.6 Å². The summed E-state index contributed by atoms with van der Waals surface area (Å²) < 4.78 is 54.8. The topological polar surface area (TPSA) is 33.0 Å². The van der Waals surface area contributed by atoms with Crippen LogP contribution < -0.4 is 4.74 Å². The van der Waals surface area contributed by atoms with E-state index in [1.807, 2.05) is 0 Å². The molecule has 0 heterocycles. The number of hydrogen-bond acceptors (Lipinski definition) is 2. The molecule has 21 heavy (non-hydrogen) atoms. The van der Waals surface area contributed by atoms with Gasteiger partial charge in [-0.2, -0.15) is 5.26 Å². The molecular weight excluding hydrogens is 286 g/mol. The normalized spacial score (nSPS) is 11.0. The van der Waals surface area contributed by atoms with E-state index < -0.39 is 17.9 Å². The molecule has 0 fully saturated rings. The first kappa shape index (κ1) is 14.9. The zero-order chi connectivity index (χ0) is 15.6. The minimum Gasteiger partial charge on any atom is -0.404 e. The summed E-state index contributed by atoms with van der Waals surface area (Å²) in [7, 11) is 0. The molecule has 2 aromatic carbocycles. The van der Waals surface area contributed by atoms with Crippen LogP contribution in [0.15, 0.2) is 36.4 Å². The average Bonchev–Trinajstić information content (AvgIpc) is 2.40. The number of nitriles is 1. The Morgan fingerprint density at radius 1 is 1.14 bits per heavy atom. The quantitative estimate of drug-likeness (QED) is 0.760. The summed E-state index contributed by atoms with van der Waals surface area (Å²) >= 11 is 0. The summed E-state index contributed by atoms with van der Waals surface area (Å²) in [5.41, 5.74) is 0.445. The second kappa shape index (κ2) is 5.44. The number of benzene rings is 2. The Balaban J connectivity index is 2.54. The van der Waals surface area contributed by atoms with Gasteiger partial charge in [0.15, 0.2) is 0 Å². The lowest BCUT2D eigenvalue weighted by molar-refractivity contribution is -0.274. The highest BCUT2D eigenvalue weighted by Crippen LogP contribution is 2.32. The number of rotatable bonds is 2. The van der Waals surface area contributed by atoms with Crippen molar-refractivity contribution in [2.45, 2.75) is 13.3 Å². The maximum Gasteiger partial charge on any atom is 0.573 e. The molecule has 0 aromatic heterocycles. The summed E-state index contributed by atoms with van der Waals surface area (Å²) in [5, 5.41) is 8.80. The molecule has 0 atom stereocenters. The maximum atomic E-state index is 14.0. The van der Waals surface area contributed by atoms with Crippen LogP contribution in [0.5, 0.6) is 5.75 Å². The van der Waals surface area contributed by atoms with Crippen LogP contribution in [0.2, 0.25) is 0 Å². The number of aryl methyl sites for hydroxylation is 1. The van der Waals surface area contributed by atoms with Crippen LogP contribution in [-0.4, -0.2) is 6.36 Å². The summed E-state index contributed by atoms with van der Waals surface area (Å²) in [4.78, 5) is 0. The Morgan fingerprint density at radius 3 is 2.48 bits per heavy atom. The average molecular weight is 295 g/mol. The molecule has 0 amide bonds. The molecule has 0 N–H and O–H groups in total. The Hall–Kier alpha value is -2.55. The zero-order valence-electron chi connectivity index (χ0n) is 10.8. The molecule has 0 spiro atoms. The van der Waals surface area contributed by atoms with Gasteiger partial charge in [-0.25, -0.2) is 4.39 Å². The molecule has 2 rings (SSSR count). The van der Waals surface area contributed by atoms with Gasteiger partial charge in [-0.1, -0.05) is 24.3 Å². The van der Waals surface area contributed by atoms with Gasteiger partial charge in [0.25, 0.3) is 0 Å². The largest absolute Gasteiger partial charge is 0.573 e. The standard InChI is InChI=1S/C15H9F4NO/c1-9-3-2-4-12(14(9)16)10-5-6-11(8-20)13(7-10)21-15(17,18)19/h2-7H,1H3. The van der Waals surface area contributed by atoms with Gasteiger partial charge in [-0.3, -0.25) is 0 Å². The maximum absolute atomic E-state index is 14.0. The van der Waals surface area contributed by atoms with Crippen molar-refractivity contribution in [2.75, 3.05) is 0 Å². The highest BCUT2D eigenvalue weighted by Gasteiger charge is 2.32. The van der Waals surface area contributed by atoms with Gasteiger partial charge in [-0.15, -0.1) is 13.2 Å². The lowest BCUT2D eigenvalue weighted by atomic mass is 10.0. The van der Waals surface area contributed by atoms with E-state index >= 15 is 0 Å². The van der Waals surface area contributed by atoms with Crippen molar-refractivity contribution >= 4 is 0 Å². The first-order valence-corrected chi connectivity index (χ1v) is 5.87. The third-order valence-corrected chi connectivity index (χ3v) is 2.83. The molecule has 0 aliphatic carbocycles. The van der Waals surface area contributed by atoms with E-state index in [-0.39, 0.29) is 16.7 Å². The predicted octanol–water partition coefficient (Wildman–Crippen LogP) is 4.57. The van der Waals surface area contributed by atoms with Gasteiger partial charge in [0, 0.05) is 5.56 Å². The van der Waals surface area contributed by atoms with Gasteiger partial charge in [0.05, 0.1) is 5.56 Å². The lowest BCUT2D eigenvalue weighted by Gasteiger charge is -2.12. The van der Waals surface area contributed by atoms with Crippen LogP contribution in [0.4, 0.5) is 17.6 Å². The monoisotopic (exact) mass is 295 g/mol. The summed E-state index contributed by atoms with van der Waals surface area (Å²) in [6.07, 6.45) is -4.92. The van der Waals surface area contributed by atoms with Crippen LogP contribution in [0.25, 0.3) is 11.1 Å². The van der Waals surface area contributed by atoms with E-state index in [0.717, 1.165) is 12.1 Å². The molecule has 2 nitrogen and oxygen atoms in total. The first-order valence-electron chi connectivity index (χ1n) is 5.87. The zero-order valence-corrected chi connectivity index (χ0v) is 10.8. The summed E-state index contributed by atoms with van der Waals surface area (Å²) in [6.45, 7) is 1.55. The van der Waals surface area contributed by atoms with E-state index in [1.54, 1.807) is 25.1 Å². The molecule has 0 bridgehead atoms. The molecule has 0 radical (unpaired) electrons. The summed E-state index contributed by atoms with van der Waals surface area (Å²) in [6, 6.07) is 9.74. The van der Waals surface area contributed by atoms with Crippen molar-refractivity contribution in [3.63, 3.8) is 0 Å². The highest BCUT2D eigenvalue weighted by atomic mass is 19.4. The van der Waals surface area contributed by atoms with E-state index in [1.165, 1.54) is 12.1 Å². The van der Waals surface area contributed by atoms with Gasteiger partial charge >= 0.3 is 6.36 Å². The number of ether oxygens (including phenoxy) is 1. The highest BCUT2D eigenvalue weighted by molar-refractivity contribution is 5.68. The Labute approximate surface area is 118 Å². The number of alkyl halides is 3. The van der Waals surface area contributed by atoms with Gasteiger partial charge < -0.3 is 4.74 Å². The molecule has 108 valence electrons. The van der Waals surface area contributed by atoms with Gasteiger partial charge in [-0.05, 0) is 30.2 Å². The summed E-state index contributed by atoms with van der Waals surface area (Å²) in [5.74, 6) is -1.18. The third-order valence-electron chi connectivity index (χ3n) is 2.83. The van der Waals surface area contributed by atoms with Crippen molar-refractivity contribution in [1.82, 2.24) is 0 Å². The Kier molecular flexibility index (Phi) is 3.85. The van der Waals surface area contributed by atoms with E-state index in [2.05, 4.69) is 4.74 Å². The molecule has 0 saturated heterocycles. The molecule has 0 aliphatic heterocycles. The third kappa shape index (κ3) is 3.31. The van der Waals surface area contributed by atoms with Crippen LogP contribution in [0.1, 0.15) is 11.1 Å². The fourth-order valence-electron chi connectivity index (χ4n) is 1.86. The second-order valence-corrected chi connectivity index (χ2v) is 4.31. The fraction of sp³-hybridized carbons (Fsp3) is 0.133. The van der Waals surface area contributed by atoms with Crippen LogP contribution in [0.3, 0.4) is 0 Å². The van der Waals surface area contributed by atoms with Crippen LogP contribution in [-0.2, 0) is 0 Å². The van der Waals surface area contributed by atoms with Gasteiger partial charge in [0.1, 0.15) is 17.6 Å². The van der Waals surface area contributed by atoms with Crippen molar-refractivity contribution in [3.8, 4) is 22.9 Å². The number of nitrogens with zero attached hydrogens (tertiary/aromatic N) is 1. The lowest BCUT2D eigenvalue weighted by Crippen LogP contribution is -2.17. The predicted molar refractivity (Wildman–Crippen MR) is 68.0 cm³/mol. The van der Waals surface area contributed by atoms with Crippen molar-refractivity contribution in [3.05, 3.63) is 53.3 Å². The number of hydrogen-bond donors (Lipinski definition) is 0.